The Morgan fingerprint density at radius 3 is 2.76 bits per heavy atom. The molecule has 0 radical (unpaired) electrons. The van der Waals surface area contributed by atoms with Crippen molar-refractivity contribution in [1.29, 1.82) is 0 Å². The van der Waals surface area contributed by atoms with Crippen LogP contribution in [0.4, 0.5) is 4.39 Å². The number of ether oxygens (including phenoxy) is 1. The summed E-state index contributed by atoms with van der Waals surface area (Å²) in [6.45, 7) is 12.0. The van der Waals surface area contributed by atoms with Crippen molar-refractivity contribution in [3.63, 3.8) is 0 Å². The van der Waals surface area contributed by atoms with Gasteiger partial charge in [0.2, 0.25) is 0 Å². The lowest BCUT2D eigenvalue weighted by molar-refractivity contribution is 0.00344. The van der Waals surface area contributed by atoms with Crippen molar-refractivity contribution < 1.29 is 9.13 Å². The van der Waals surface area contributed by atoms with Crippen LogP contribution < -0.4 is 0 Å². The summed E-state index contributed by atoms with van der Waals surface area (Å²) in [6, 6.07) is 0. The minimum absolute atomic E-state index is 0.0195. The van der Waals surface area contributed by atoms with Gasteiger partial charge >= 0.3 is 0 Å². The Kier molecular flexibility index (Phi) is 3.41. The maximum atomic E-state index is 13.4. The van der Waals surface area contributed by atoms with Gasteiger partial charge in [0.05, 0.1) is 24.1 Å². The van der Waals surface area contributed by atoms with E-state index in [0.717, 1.165) is 31.5 Å². The van der Waals surface area contributed by atoms with Gasteiger partial charge < -0.3 is 4.74 Å². The number of halogens is 1. The van der Waals surface area contributed by atoms with Crippen molar-refractivity contribution in [2.45, 2.75) is 45.3 Å². The van der Waals surface area contributed by atoms with Gasteiger partial charge in [-0.1, -0.05) is 12.2 Å². The van der Waals surface area contributed by atoms with Gasteiger partial charge in [-0.3, -0.25) is 4.90 Å². The molecule has 3 heteroatoms. The molecule has 0 saturated carbocycles. The Balaban J connectivity index is 2.16. The van der Waals surface area contributed by atoms with Crippen molar-refractivity contribution in [3.05, 3.63) is 23.6 Å². The molecule has 17 heavy (non-hydrogen) atoms. The topological polar surface area (TPSA) is 12.5 Å². The van der Waals surface area contributed by atoms with E-state index < -0.39 is 0 Å². The number of nitrogens with zero attached hydrogens (tertiary/aromatic N) is 1. The highest BCUT2D eigenvalue weighted by Gasteiger charge is 2.48. The average Bonchev–Trinajstić information content (AvgIpc) is 2.67. The first-order chi connectivity index (χ1) is 7.93. The van der Waals surface area contributed by atoms with Gasteiger partial charge in [-0.2, -0.15) is 0 Å². The van der Waals surface area contributed by atoms with E-state index in [1.807, 2.05) is 13.8 Å². The second-order valence-electron chi connectivity index (χ2n) is 5.68. The summed E-state index contributed by atoms with van der Waals surface area (Å²) in [6.07, 6.45) is 1.96. The lowest BCUT2D eigenvalue weighted by atomic mass is 9.92. The Hall–Kier alpha value is -0.670. The highest BCUT2D eigenvalue weighted by molar-refractivity contribution is 5.28. The molecule has 0 aliphatic carbocycles. The average molecular weight is 239 g/mol. The summed E-state index contributed by atoms with van der Waals surface area (Å²) in [5, 5.41) is 0. The van der Waals surface area contributed by atoms with E-state index >= 15 is 0 Å². The monoisotopic (exact) mass is 239 g/mol. The molecule has 2 nitrogen and oxygen atoms in total. The zero-order valence-corrected chi connectivity index (χ0v) is 11.1. The molecule has 0 unspecified atom stereocenters. The fourth-order valence-corrected chi connectivity index (χ4v) is 2.90. The highest BCUT2D eigenvalue weighted by atomic mass is 19.1. The van der Waals surface area contributed by atoms with E-state index in [9.17, 15) is 4.39 Å². The second-order valence-corrected chi connectivity index (χ2v) is 5.68. The number of hydrogen-bond acceptors (Lipinski definition) is 2. The molecule has 0 aromatic rings. The standard InChI is InChI=1S/C14H22FNO/c1-10(2)17-9-14-5-11(3)7-16(14)8-13(6-14)12(4)15/h10H,3,5-9H2,1-2,4H3/b13-12+/t14-/m0/s1. The van der Waals surface area contributed by atoms with Crippen molar-refractivity contribution in [2.24, 2.45) is 0 Å². The number of rotatable bonds is 3. The van der Waals surface area contributed by atoms with E-state index in [4.69, 9.17) is 4.74 Å². The fraction of sp³-hybridized carbons (Fsp3) is 0.714. The van der Waals surface area contributed by atoms with Gasteiger partial charge in [-0.15, -0.1) is 0 Å². The predicted octanol–water partition coefficient (Wildman–Crippen LogP) is 3.06. The van der Waals surface area contributed by atoms with Crippen molar-refractivity contribution in [1.82, 2.24) is 4.90 Å². The molecule has 0 N–H and O–H groups in total. The van der Waals surface area contributed by atoms with Crippen LogP contribution in [0.1, 0.15) is 33.6 Å². The first-order valence-electron chi connectivity index (χ1n) is 6.30. The minimum atomic E-state index is -0.0238. The van der Waals surface area contributed by atoms with Crippen LogP contribution in [0.15, 0.2) is 23.6 Å². The van der Waals surface area contributed by atoms with Gasteiger partial charge in [0.25, 0.3) is 0 Å². The summed E-state index contributed by atoms with van der Waals surface area (Å²) in [5.74, 6) is -0.0195. The normalized spacial score (nSPS) is 32.4. The molecular weight excluding hydrogens is 217 g/mol. The van der Waals surface area contributed by atoms with Crippen LogP contribution in [-0.2, 0) is 4.74 Å². The maximum absolute atomic E-state index is 13.4. The molecule has 0 spiro atoms. The van der Waals surface area contributed by atoms with Crippen LogP contribution in [0.25, 0.3) is 0 Å². The van der Waals surface area contributed by atoms with E-state index in [1.165, 1.54) is 5.57 Å². The first-order valence-corrected chi connectivity index (χ1v) is 6.30. The highest BCUT2D eigenvalue weighted by Crippen LogP contribution is 2.44. The van der Waals surface area contributed by atoms with Gasteiger partial charge in [0, 0.05) is 13.1 Å². The van der Waals surface area contributed by atoms with Crippen LogP contribution >= 0.6 is 0 Å². The molecule has 0 amide bonds. The molecule has 2 heterocycles. The Bertz CT molecular complexity index is 357. The molecule has 0 bridgehead atoms. The third-order valence-electron chi connectivity index (χ3n) is 3.76. The predicted molar refractivity (Wildman–Crippen MR) is 67.6 cm³/mol. The van der Waals surface area contributed by atoms with E-state index in [0.29, 0.717) is 6.61 Å². The van der Waals surface area contributed by atoms with Crippen LogP contribution in [-0.4, -0.2) is 36.2 Å². The zero-order chi connectivity index (χ0) is 12.6. The molecular formula is C14H22FNO. The zero-order valence-electron chi connectivity index (χ0n) is 11.1. The van der Waals surface area contributed by atoms with Crippen LogP contribution in [0.3, 0.4) is 0 Å². The summed E-state index contributed by atoms with van der Waals surface area (Å²) < 4.78 is 19.1. The van der Waals surface area contributed by atoms with E-state index in [-0.39, 0.29) is 17.5 Å². The summed E-state index contributed by atoms with van der Waals surface area (Å²) in [4.78, 5) is 2.33. The molecule has 0 aromatic carbocycles. The lowest BCUT2D eigenvalue weighted by Gasteiger charge is -2.31. The van der Waals surface area contributed by atoms with Crippen molar-refractivity contribution >= 4 is 0 Å². The van der Waals surface area contributed by atoms with E-state index in [1.54, 1.807) is 6.92 Å². The SMILES string of the molecule is C=C1CN2C/C(=C(\C)F)C[C@]2(COC(C)C)C1. The van der Waals surface area contributed by atoms with Gasteiger partial charge in [-0.25, -0.2) is 4.39 Å². The summed E-state index contributed by atoms with van der Waals surface area (Å²) >= 11 is 0. The molecule has 2 saturated heterocycles. The number of allylic oxidation sites excluding steroid dienone is 1. The first kappa shape index (κ1) is 12.8. The molecule has 96 valence electrons. The molecule has 2 aliphatic rings. The molecule has 2 aliphatic heterocycles. The quantitative estimate of drug-likeness (QED) is 0.702. The smallest absolute Gasteiger partial charge is 0.0974 e. The fourth-order valence-electron chi connectivity index (χ4n) is 2.90. The van der Waals surface area contributed by atoms with Crippen molar-refractivity contribution in [2.75, 3.05) is 19.7 Å². The number of fused-ring (bicyclic) bond motifs is 1. The van der Waals surface area contributed by atoms with Gasteiger partial charge in [-0.05, 0) is 39.2 Å². The van der Waals surface area contributed by atoms with E-state index in [2.05, 4.69) is 11.5 Å². The van der Waals surface area contributed by atoms with Crippen molar-refractivity contribution in [3.8, 4) is 0 Å². The third kappa shape index (κ3) is 2.45. The molecule has 2 rings (SSSR count). The van der Waals surface area contributed by atoms with Gasteiger partial charge in [0.1, 0.15) is 0 Å². The van der Waals surface area contributed by atoms with Crippen LogP contribution in [0.5, 0.6) is 0 Å². The molecule has 1 atom stereocenters. The number of hydrogen-bond donors (Lipinski definition) is 0. The molecule has 2 fully saturated rings. The lowest BCUT2D eigenvalue weighted by Crippen LogP contribution is -2.43. The largest absolute Gasteiger partial charge is 0.377 e. The maximum Gasteiger partial charge on any atom is 0.0974 e. The Labute approximate surface area is 103 Å². The Morgan fingerprint density at radius 1 is 1.47 bits per heavy atom. The minimum Gasteiger partial charge on any atom is -0.377 e. The second kappa shape index (κ2) is 4.54. The third-order valence-corrected chi connectivity index (χ3v) is 3.76. The summed E-state index contributed by atoms with van der Waals surface area (Å²) in [5.41, 5.74) is 2.15. The van der Waals surface area contributed by atoms with Crippen LogP contribution in [0, 0.1) is 0 Å². The van der Waals surface area contributed by atoms with Gasteiger partial charge in [0.15, 0.2) is 0 Å². The Morgan fingerprint density at radius 2 is 2.18 bits per heavy atom. The summed E-state index contributed by atoms with van der Waals surface area (Å²) in [7, 11) is 0. The van der Waals surface area contributed by atoms with Crippen LogP contribution in [0.2, 0.25) is 0 Å². The molecule has 0 aromatic heterocycles.